The number of nitrogens with zero attached hydrogens (tertiary/aromatic N) is 1. The monoisotopic (exact) mass is 344 g/mol. The molecule has 1 amide bonds. The van der Waals surface area contributed by atoms with E-state index in [2.05, 4.69) is 18.6 Å². The molecular weight excluding hydrogens is 319 g/mol. The van der Waals surface area contributed by atoms with E-state index in [1.807, 2.05) is 0 Å². The first-order valence-corrected chi connectivity index (χ1v) is 9.13. The standard InChI is InChI=1S/C16H25FN2O3S/c1-12(2)7-9-19(14(4)20)10-8-18-23(21,22)16-6-5-15(17)11-13(16)3/h5-6,11-12,18H,7-10H2,1-4H3. The van der Waals surface area contributed by atoms with E-state index in [1.165, 1.54) is 19.1 Å². The Bertz CT molecular complexity index is 645. The van der Waals surface area contributed by atoms with Crippen molar-refractivity contribution in [2.75, 3.05) is 19.6 Å². The first kappa shape index (κ1) is 19.6. The molecule has 0 radical (unpaired) electrons. The van der Waals surface area contributed by atoms with Crippen molar-refractivity contribution in [3.05, 3.63) is 29.6 Å². The van der Waals surface area contributed by atoms with Gasteiger partial charge in [0.25, 0.3) is 0 Å². The number of halogens is 1. The Labute approximate surface area is 137 Å². The fourth-order valence-corrected chi connectivity index (χ4v) is 3.39. The van der Waals surface area contributed by atoms with Crippen LogP contribution in [0.1, 0.15) is 32.8 Å². The molecule has 23 heavy (non-hydrogen) atoms. The lowest BCUT2D eigenvalue weighted by Crippen LogP contribution is -2.38. The van der Waals surface area contributed by atoms with Crippen LogP contribution in [0.3, 0.4) is 0 Å². The summed E-state index contributed by atoms with van der Waals surface area (Å²) in [6.07, 6.45) is 0.864. The van der Waals surface area contributed by atoms with E-state index in [4.69, 9.17) is 0 Å². The summed E-state index contributed by atoms with van der Waals surface area (Å²) in [5, 5.41) is 0. The molecule has 0 aliphatic heterocycles. The smallest absolute Gasteiger partial charge is 0.240 e. The molecule has 0 aliphatic carbocycles. The molecule has 1 aromatic carbocycles. The maximum absolute atomic E-state index is 13.1. The molecule has 0 unspecified atom stereocenters. The van der Waals surface area contributed by atoms with Crippen LogP contribution in [0.25, 0.3) is 0 Å². The largest absolute Gasteiger partial charge is 0.342 e. The van der Waals surface area contributed by atoms with Crippen LogP contribution in [0.15, 0.2) is 23.1 Å². The second-order valence-electron chi connectivity index (χ2n) is 6.00. The fourth-order valence-electron chi connectivity index (χ4n) is 2.15. The second kappa shape index (κ2) is 8.40. The molecule has 0 spiro atoms. The number of nitrogens with one attached hydrogen (secondary N) is 1. The van der Waals surface area contributed by atoms with Gasteiger partial charge in [-0.2, -0.15) is 0 Å². The number of carbonyl (C=O) groups excluding carboxylic acids is 1. The van der Waals surface area contributed by atoms with Gasteiger partial charge >= 0.3 is 0 Å². The Morgan fingerprint density at radius 3 is 2.48 bits per heavy atom. The molecule has 1 aromatic rings. The van der Waals surface area contributed by atoms with Crippen molar-refractivity contribution in [1.29, 1.82) is 0 Å². The molecule has 0 aliphatic rings. The minimum absolute atomic E-state index is 0.0513. The predicted octanol–water partition coefficient (Wildman–Crippen LogP) is 2.31. The van der Waals surface area contributed by atoms with Crippen molar-refractivity contribution in [2.45, 2.75) is 39.0 Å². The summed E-state index contributed by atoms with van der Waals surface area (Å²) in [6.45, 7) is 8.18. The third-order valence-corrected chi connectivity index (χ3v) is 5.14. The van der Waals surface area contributed by atoms with Crippen LogP contribution < -0.4 is 4.72 Å². The quantitative estimate of drug-likeness (QED) is 0.787. The van der Waals surface area contributed by atoms with Gasteiger partial charge in [-0.15, -0.1) is 0 Å². The summed E-state index contributed by atoms with van der Waals surface area (Å²) in [5.74, 6) is -0.0869. The maximum Gasteiger partial charge on any atom is 0.240 e. The van der Waals surface area contributed by atoms with E-state index in [9.17, 15) is 17.6 Å². The molecule has 0 heterocycles. The van der Waals surface area contributed by atoms with Gasteiger partial charge in [-0.1, -0.05) is 13.8 Å². The lowest BCUT2D eigenvalue weighted by atomic mass is 10.1. The van der Waals surface area contributed by atoms with E-state index in [0.717, 1.165) is 12.5 Å². The zero-order valence-electron chi connectivity index (χ0n) is 14.1. The van der Waals surface area contributed by atoms with Crippen LogP contribution in [0.5, 0.6) is 0 Å². The number of aryl methyl sites for hydroxylation is 1. The second-order valence-corrected chi connectivity index (χ2v) is 7.73. The average Bonchev–Trinajstić information content (AvgIpc) is 2.41. The first-order valence-electron chi connectivity index (χ1n) is 7.65. The Hall–Kier alpha value is -1.47. The molecule has 130 valence electrons. The highest BCUT2D eigenvalue weighted by atomic mass is 32.2. The molecule has 0 saturated heterocycles. The molecule has 0 aromatic heterocycles. The summed E-state index contributed by atoms with van der Waals surface area (Å²) in [6, 6.07) is 3.54. The summed E-state index contributed by atoms with van der Waals surface area (Å²) in [7, 11) is -3.71. The Morgan fingerprint density at radius 2 is 1.96 bits per heavy atom. The third kappa shape index (κ3) is 6.27. The lowest BCUT2D eigenvalue weighted by Gasteiger charge is -2.22. The van der Waals surface area contributed by atoms with Gasteiger partial charge in [0.15, 0.2) is 0 Å². The minimum atomic E-state index is -3.71. The summed E-state index contributed by atoms with van der Waals surface area (Å²) >= 11 is 0. The van der Waals surface area contributed by atoms with Crippen LogP contribution in [-0.2, 0) is 14.8 Å². The SMILES string of the molecule is CC(=O)N(CCNS(=O)(=O)c1ccc(F)cc1C)CCC(C)C. The number of amides is 1. The van der Waals surface area contributed by atoms with Gasteiger partial charge in [-0.05, 0) is 43.0 Å². The molecular formula is C16H25FN2O3S. The van der Waals surface area contributed by atoms with Crippen molar-refractivity contribution >= 4 is 15.9 Å². The number of benzene rings is 1. The van der Waals surface area contributed by atoms with E-state index in [0.29, 0.717) is 24.6 Å². The normalized spacial score (nSPS) is 11.7. The van der Waals surface area contributed by atoms with Crippen molar-refractivity contribution in [3.8, 4) is 0 Å². The predicted molar refractivity (Wildman–Crippen MR) is 88.0 cm³/mol. The van der Waals surface area contributed by atoms with Crippen LogP contribution in [-0.4, -0.2) is 38.9 Å². The summed E-state index contributed by atoms with van der Waals surface area (Å²) in [5.41, 5.74) is 0.348. The van der Waals surface area contributed by atoms with Gasteiger partial charge < -0.3 is 4.90 Å². The van der Waals surface area contributed by atoms with E-state index < -0.39 is 15.8 Å². The van der Waals surface area contributed by atoms with Crippen molar-refractivity contribution in [3.63, 3.8) is 0 Å². The molecule has 1 rings (SSSR count). The van der Waals surface area contributed by atoms with Crippen molar-refractivity contribution < 1.29 is 17.6 Å². The Kier molecular flexibility index (Phi) is 7.15. The molecule has 7 heteroatoms. The highest BCUT2D eigenvalue weighted by Crippen LogP contribution is 2.15. The molecule has 0 atom stereocenters. The van der Waals surface area contributed by atoms with Gasteiger partial charge in [-0.3, -0.25) is 4.79 Å². The molecule has 0 fully saturated rings. The average molecular weight is 344 g/mol. The number of hydrogen-bond acceptors (Lipinski definition) is 3. The molecule has 5 nitrogen and oxygen atoms in total. The van der Waals surface area contributed by atoms with Crippen LogP contribution in [0.2, 0.25) is 0 Å². The first-order chi connectivity index (χ1) is 10.6. The topological polar surface area (TPSA) is 66.5 Å². The minimum Gasteiger partial charge on any atom is -0.342 e. The molecule has 1 N–H and O–H groups in total. The Balaban J connectivity index is 2.66. The van der Waals surface area contributed by atoms with Gasteiger partial charge in [0.05, 0.1) is 4.90 Å². The van der Waals surface area contributed by atoms with Crippen molar-refractivity contribution in [2.24, 2.45) is 5.92 Å². The number of hydrogen-bond donors (Lipinski definition) is 1. The van der Waals surface area contributed by atoms with Gasteiger partial charge in [-0.25, -0.2) is 17.5 Å². The van der Waals surface area contributed by atoms with Gasteiger partial charge in [0.1, 0.15) is 5.82 Å². The molecule has 0 saturated carbocycles. The zero-order chi connectivity index (χ0) is 17.6. The fraction of sp³-hybridized carbons (Fsp3) is 0.562. The number of rotatable bonds is 8. The highest BCUT2D eigenvalue weighted by Gasteiger charge is 2.17. The van der Waals surface area contributed by atoms with E-state index in [-0.39, 0.29) is 17.3 Å². The van der Waals surface area contributed by atoms with Gasteiger partial charge in [0.2, 0.25) is 15.9 Å². The van der Waals surface area contributed by atoms with Crippen LogP contribution in [0.4, 0.5) is 4.39 Å². The van der Waals surface area contributed by atoms with Crippen LogP contribution in [0, 0.1) is 18.7 Å². The van der Waals surface area contributed by atoms with E-state index >= 15 is 0 Å². The van der Waals surface area contributed by atoms with E-state index in [1.54, 1.807) is 11.8 Å². The lowest BCUT2D eigenvalue weighted by molar-refractivity contribution is -0.128. The summed E-state index contributed by atoms with van der Waals surface area (Å²) < 4.78 is 40.0. The highest BCUT2D eigenvalue weighted by molar-refractivity contribution is 7.89. The Morgan fingerprint density at radius 1 is 1.30 bits per heavy atom. The zero-order valence-corrected chi connectivity index (χ0v) is 14.9. The number of sulfonamides is 1. The molecule has 0 bridgehead atoms. The third-order valence-electron chi connectivity index (χ3n) is 3.52. The van der Waals surface area contributed by atoms with Gasteiger partial charge in [0, 0.05) is 26.6 Å². The number of carbonyl (C=O) groups is 1. The summed E-state index contributed by atoms with van der Waals surface area (Å²) in [4.78, 5) is 13.3. The maximum atomic E-state index is 13.1. The van der Waals surface area contributed by atoms with Crippen molar-refractivity contribution in [1.82, 2.24) is 9.62 Å². The van der Waals surface area contributed by atoms with Crippen LogP contribution >= 0.6 is 0 Å².